The maximum atomic E-state index is 9.41. The van der Waals surface area contributed by atoms with Gasteiger partial charge in [0.15, 0.2) is 5.11 Å². The summed E-state index contributed by atoms with van der Waals surface area (Å²) in [6, 6.07) is 9.92. The van der Waals surface area contributed by atoms with Crippen molar-refractivity contribution in [2.45, 2.75) is 20.3 Å². The Labute approximate surface area is 153 Å². The van der Waals surface area contributed by atoms with Gasteiger partial charge in [-0.2, -0.15) is 5.26 Å². The molecular formula is C18H24N5OS+. The number of anilines is 1. The van der Waals surface area contributed by atoms with Gasteiger partial charge in [-0.05, 0) is 50.3 Å². The molecule has 0 aliphatic carbocycles. The van der Waals surface area contributed by atoms with Gasteiger partial charge in [-0.3, -0.25) is 5.32 Å². The molecule has 2 rings (SSSR count). The highest BCUT2D eigenvalue weighted by atomic mass is 32.1. The molecule has 0 aliphatic heterocycles. The lowest BCUT2D eigenvalue weighted by atomic mass is 10.1. The number of aromatic amines is 1. The second-order valence-corrected chi connectivity index (χ2v) is 5.83. The third-order valence-corrected chi connectivity index (χ3v) is 3.85. The summed E-state index contributed by atoms with van der Waals surface area (Å²) in [4.78, 5) is 3.29. The van der Waals surface area contributed by atoms with E-state index in [-0.39, 0.29) is 0 Å². The van der Waals surface area contributed by atoms with Crippen LogP contribution in [0.4, 0.5) is 5.82 Å². The molecule has 0 amide bonds. The van der Waals surface area contributed by atoms with Crippen LogP contribution in [0.15, 0.2) is 24.3 Å². The number of nitrogens with zero attached hydrogens (tertiary/aromatic N) is 1. The first-order chi connectivity index (χ1) is 12.2. The summed E-state index contributed by atoms with van der Waals surface area (Å²) in [5.41, 5.74) is 1.54. The lowest BCUT2D eigenvalue weighted by Crippen LogP contribution is -2.36. The van der Waals surface area contributed by atoms with Crippen molar-refractivity contribution in [2.75, 3.05) is 31.6 Å². The van der Waals surface area contributed by atoms with Crippen molar-refractivity contribution < 1.29 is 9.72 Å². The van der Waals surface area contributed by atoms with Crippen molar-refractivity contribution in [1.29, 1.82) is 5.26 Å². The second-order valence-electron chi connectivity index (χ2n) is 5.42. The molecule has 1 aromatic carbocycles. The zero-order valence-electron chi connectivity index (χ0n) is 14.6. The molecule has 0 atom stereocenters. The first-order valence-corrected chi connectivity index (χ1v) is 8.87. The lowest BCUT2D eigenvalue weighted by Gasteiger charge is -2.08. The molecule has 132 valence electrons. The topological polar surface area (TPSA) is 83.2 Å². The van der Waals surface area contributed by atoms with Gasteiger partial charge in [0.25, 0.3) is 5.82 Å². The summed E-state index contributed by atoms with van der Waals surface area (Å²) in [5, 5.41) is 20.5. The van der Waals surface area contributed by atoms with Gasteiger partial charge in [0, 0.05) is 24.9 Å². The largest absolute Gasteiger partial charge is 0.494 e. The van der Waals surface area contributed by atoms with Crippen LogP contribution in [-0.2, 0) is 0 Å². The standard InChI is InChI=1S/C18H23N5OS/c1-3-20-18(25)22-9-5-8-21-17-14(12-19)10-13-11-15(24-4-2)6-7-16(13)23-17/h6-7,10-11H,3-5,8-9H2,1-2H3,(H,21,23)(H2,20,22,25)/p+1. The van der Waals surface area contributed by atoms with E-state index in [1.807, 2.05) is 38.1 Å². The number of rotatable bonds is 8. The maximum Gasteiger partial charge on any atom is 0.290 e. The first-order valence-electron chi connectivity index (χ1n) is 8.46. The molecule has 0 fully saturated rings. The quantitative estimate of drug-likeness (QED) is 0.496. The number of fused-ring (bicyclic) bond motifs is 1. The molecule has 7 heteroatoms. The molecule has 4 N–H and O–H groups in total. The normalized spacial score (nSPS) is 10.1. The van der Waals surface area contributed by atoms with E-state index in [1.165, 1.54) is 0 Å². The summed E-state index contributed by atoms with van der Waals surface area (Å²) in [5.74, 6) is 1.53. The van der Waals surface area contributed by atoms with E-state index in [1.54, 1.807) is 0 Å². The van der Waals surface area contributed by atoms with Gasteiger partial charge in [-0.1, -0.05) is 0 Å². The fourth-order valence-electron chi connectivity index (χ4n) is 2.41. The van der Waals surface area contributed by atoms with Gasteiger partial charge >= 0.3 is 0 Å². The summed E-state index contributed by atoms with van der Waals surface area (Å²) in [6.07, 6.45) is 0.881. The fraction of sp³-hybridized carbons (Fsp3) is 0.389. The van der Waals surface area contributed by atoms with E-state index in [4.69, 9.17) is 17.0 Å². The number of aromatic nitrogens is 1. The predicted molar refractivity (Wildman–Crippen MR) is 104 cm³/mol. The van der Waals surface area contributed by atoms with Gasteiger partial charge < -0.3 is 15.4 Å². The SMILES string of the molecule is CCNC(=S)NCCCNc1[nH+]c2ccc(OCC)cc2cc1C#N. The van der Waals surface area contributed by atoms with E-state index >= 15 is 0 Å². The number of ether oxygens (including phenoxy) is 1. The van der Waals surface area contributed by atoms with E-state index < -0.39 is 0 Å². The first kappa shape index (κ1) is 18.7. The zero-order valence-corrected chi connectivity index (χ0v) is 15.4. The van der Waals surface area contributed by atoms with Crippen LogP contribution in [0.25, 0.3) is 10.9 Å². The number of pyridine rings is 1. The van der Waals surface area contributed by atoms with Gasteiger partial charge in [-0.25, -0.2) is 4.98 Å². The Morgan fingerprint density at radius 2 is 2.08 bits per heavy atom. The Kier molecular flexibility index (Phi) is 7.23. The molecule has 0 spiro atoms. The summed E-state index contributed by atoms with van der Waals surface area (Å²) in [6.45, 7) is 6.88. The highest BCUT2D eigenvalue weighted by Crippen LogP contribution is 2.21. The number of benzene rings is 1. The van der Waals surface area contributed by atoms with Crippen LogP contribution in [0.5, 0.6) is 5.75 Å². The van der Waals surface area contributed by atoms with Gasteiger partial charge in [0.2, 0.25) is 0 Å². The minimum Gasteiger partial charge on any atom is -0.494 e. The van der Waals surface area contributed by atoms with Crippen molar-refractivity contribution in [2.24, 2.45) is 0 Å². The molecule has 0 saturated heterocycles. The average molecular weight is 358 g/mol. The Bertz CT molecular complexity index is 772. The zero-order chi connectivity index (χ0) is 18.1. The Morgan fingerprint density at radius 1 is 1.24 bits per heavy atom. The molecule has 1 aromatic heterocycles. The van der Waals surface area contributed by atoms with Crippen LogP contribution < -0.4 is 25.7 Å². The van der Waals surface area contributed by atoms with E-state index in [9.17, 15) is 5.26 Å². The molecule has 0 aliphatic rings. The van der Waals surface area contributed by atoms with Gasteiger partial charge in [0.1, 0.15) is 22.9 Å². The second kappa shape index (κ2) is 9.64. The van der Waals surface area contributed by atoms with Crippen molar-refractivity contribution in [3.05, 3.63) is 29.8 Å². The molecule has 2 aromatic rings. The number of nitriles is 1. The number of hydrogen-bond acceptors (Lipinski definition) is 4. The maximum absolute atomic E-state index is 9.41. The summed E-state index contributed by atoms with van der Waals surface area (Å²) in [7, 11) is 0. The summed E-state index contributed by atoms with van der Waals surface area (Å²) < 4.78 is 5.51. The molecule has 6 nitrogen and oxygen atoms in total. The third-order valence-electron chi connectivity index (χ3n) is 3.56. The molecule has 0 bridgehead atoms. The highest BCUT2D eigenvalue weighted by Gasteiger charge is 2.12. The Balaban J connectivity index is 1.99. The molecular weight excluding hydrogens is 334 g/mol. The highest BCUT2D eigenvalue weighted by molar-refractivity contribution is 7.80. The predicted octanol–water partition coefficient (Wildman–Crippen LogP) is 2.21. The lowest BCUT2D eigenvalue weighted by molar-refractivity contribution is -0.327. The van der Waals surface area contributed by atoms with E-state index in [0.717, 1.165) is 48.5 Å². The smallest absolute Gasteiger partial charge is 0.290 e. The van der Waals surface area contributed by atoms with Gasteiger partial charge in [0.05, 0.1) is 13.2 Å². The fourth-order valence-corrected chi connectivity index (χ4v) is 2.66. The molecule has 0 radical (unpaired) electrons. The minimum absolute atomic E-state index is 0.581. The van der Waals surface area contributed by atoms with Crippen LogP contribution in [-0.4, -0.2) is 31.4 Å². The number of thiocarbonyl (C=S) groups is 1. The Hall–Kier alpha value is -2.59. The third kappa shape index (κ3) is 5.47. The van der Waals surface area contributed by atoms with Crippen LogP contribution in [0.2, 0.25) is 0 Å². The van der Waals surface area contributed by atoms with E-state index in [0.29, 0.717) is 17.3 Å². The minimum atomic E-state index is 0.581. The van der Waals surface area contributed by atoms with Crippen molar-refractivity contribution in [3.8, 4) is 11.8 Å². The van der Waals surface area contributed by atoms with Crippen LogP contribution in [0.3, 0.4) is 0 Å². The van der Waals surface area contributed by atoms with Crippen molar-refractivity contribution >= 4 is 34.1 Å². The van der Waals surface area contributed by atoms with Crippen LogP contribution in [0, 0.1) is 11.3 Å². The molecule has 25 heavy (non-hydrogen) atoms. The monoisotopic (exact) mass is 358 g/mol. The van der Waals surface area contributed by atoms with Gasteiger partial charge in [-0.15, -0.1) is 0 Å². The van der Waals surface area contributed by atoms with Crippen molar-refractivity contribution in [3.63, 3.8) is 0 Å². The molecule has 0 unspecified atom stereocenters. The van der Waals surface area contributed by atoms with Crippen molar-refractivity contribution in [1.82, 2.24) is 10.6 Å². The molecule has 1 heterocycles. The van der Waals surface area contributed by atoms with Crippen LogP contribution in [0.1, 0.15) is 25.8 Å². The number of H-pyrrole nitrogens is 1. The summed E-state index contributed by atoms with van der Waals surface area (Å²) >= 11 is 5.12. The number of nitrogens with one attached hydrogen (secondary N) is 4. The number of hydrogen-bond donors (Lipinski definition) is 3. The average Bonchev–Trinajstić information content (AvgIpc) is 2.61. The van der Waals surface area contributed by atoms with E-state index in [2.05, 4.69) is 27.0 Å². The molecule has 0 saturated carbocycles. The van der Waals surface area contributed by atoms with Crippen LogP contribution >= 0.6 is 12.2 Å². The Morgan fingerprint density at radius 3 is 2.80 bits per heavy atom.